The molecular weight excluding hydrogens is 246 g/mol. The van der Waals surface area contributed by atoms with Gasteiger partial charge in [0.2, 0.25) is 0 Å². The Kier molecular flexibility index (Phi) is 5.44. The van der Waals surface area contributed by atoms with E-state index in [1.165, 1.54) is 30.6 Å². The van der Waals surface area contributed by atoms with Crippen LogP contribution in [0.15, 0.2) is 24.3 Å². The molecule has 0 amide bonds. The van der Waals surface area contributed by atoms with Gasteiger partial charge in [-0.25, -0.2) is 0 Å². The molecule has 1 aliphatic heterocycles. The topological polar surface area (TPSA) is 18.5 Å². The second-order valence-electron chi connectivity index (χ2n) is 6.00. The van der Waals surface area contributed by atoms with E-state index in [0.717, 1.165) is 13.1 Å². The van der Waals surface area contributed by atoms with E-state index < -0.39 is 0 Å². The van der Waals surface area contributed by atoms with Gasteiger partial charge >= 0.3 is 0 Å². The molecule has 3 heteroatoms. The molecule has 1 aliphatic rings. The molecule has 0 aromatic heterocycles. The van der Waals surface area contributed by atoms with Crippen LogP contribution in [0.25, 0.3) is 0 Å². The molecule has 1 saturated heterocycles. The van der Waals surface area contributed by atoms with Crippen molar-refractivity contribution in [1.82, 2.24) is 10.2 Å². The average molecular weight is 275 g/mol. The summed E-state index contributed by atoms with van der Waals surface area (Å²) in [5, 5.41) is 3.52. The molecule has 1 fully saturated rings. The molecule has 0 saturated carbocycles. The Morgan fingerprint density at radius 3 is 2.80 bits per heavy atom. The third-order valence-electron chi connectivity index (χ3n) is 4.48. The predicted molar refractivity (Wildman–Crippen MR) is 87.5 cm³/mol. The first-order valence-electron chi connectivity index (χ1n) is 7.87. The largest absolute Gasteiger partial charge is 0.373 e. The number of nitrogens with zero attached hydrogens (tertiary/aromatic N) is 2. The number of likely N-dealkylation sites (N-methyl/N-ethyl adjacent to an activating group) is 2. The van der Waals surface area contributed by atoms with Crippen LogP contribution in [0, 0.1) is 0 Å². The van der Waals surface area contributed by atoms with E-state index in [1.54, 1.807) is 0 Å². The van der Waals surface area contributed by atoms with E-state index in [-0.39, 0.29) is 0 Å². The minimum Gasteiger partial charge on any atom is -0.373 e. The number of benzene rings is 1. The zero-order valence-corrected chi connectivity index (χ0v) is 13.4. The smallest absolute Gasteiger partial charge is 0.0412 e. The molecule has 20 heavy (non-hydrogen) atoms. The van der Waals surface area contributed by atoms with Gasteiger partial charge in [0.25, 0.3) is 0 Å². The van der Waals surface area contributed by atoms with Crippen LogP contribution in [0.4, 0.5) is 5.69 Å². The van der Waals surface area contributed by atoms with Crippen LogP contribution < -0.4 is 10.2 Å². The first-order chi connectivity index (χ1) is 9.63. The first kappa shape index (κ1) is 15.3. The molecule has 0 spiro atoms. The Labute approximate surface area is 124 Å². The van der Waals surface area contributed by atoms with Crippen molar-refractivity contribution in [2.45, 2.75) is 38.8 Å². The second-order valence-corrected chi connectivity index (χ2v) is 6.00. The summed E-state index contributed by atoms with van der Waals surface area (Å²) in [5.41, 5.74) is 2.76. The Hall–Kier alpha value is -1.06. The molecule has 2 atom stereocenters. The fourth-order valence-corrected chi connectivity index (χ4v) is 3.24. The van der Waals surface area contributed by atoms with Gasteiger partial charge in [0.15, 0.2) is 0 Å². The van der Waals surface area contributed by atoms with E-state index in [0.29, 0.717) is 12.1 Å². The van der Waals surface area contributed by atoms with Crippen molar-refractivity contribution in [3.05, 3.63) is 29.8 Å². The zero-order valence-electron chi connectivity index (χ0n) is 13.4. The summed E-state index contributed by atoms with van der Waals surface area (Å²) in [6.07, 6.45) is 2.66. The Balaban J connectivity index is 2.10. The normalized spacial score (nSPS) is 21.1. The van der Waals surface area contributed by atoms with E-state index in [4.69, 9.17) is 0 Å². The molecule has 1 aromatic carbocycles. The number of likely N-dealkylation sites (tertiary alicyclic amines) is 1. The maximum atomic E-state index is 3.52. The Morgan fingerprint density at radius 2 is 2.15 bits per heavy atom. The van der Waals surface area contributed by atoms with Gasteiger partial charge in [0.05, 0.1) is 0 Å². The van der Waals surface area contributed by atoms with Gasteiger partial charge in [-0.2, -0.15) is 0 Å². The second kappa shape index (κ2) is 7.09. The molecule has 2 unspecified atom stereocenters. The summed E-state index contributed by atoms with van der Waals surface area (Å²) in [5.74, 6) is 0. The maximum absolute atomic E-state index is 3.52. The van der Waals surface area contributed by atoms with E-state index >= 15 is 0 Å². The predicted octanol–water partition coefficient (Wildman–Crippen LogP) is 2.89. The number of rotatable bonds is 6. The molecule has 1 heterocycles. The van der Waals surface area contributed by atoms with Crippen molar-refractivity contribution in [2.24, 2.45) is 0 Å². The van der Waals surface area contributed by atoms with Gasteiger partial charge in [-0.1, -0.05) is 25.1 Å². The molecule has 2 rings (SSSR count). The quantitative estimate of drug-likeness (QED) is 0.861. The van der Waals surface area contributed by atoms with Gasteiger partial charge in [0.1, 0.15) is 0 Å². The Bertz CT molecular complexity index is 418. The third kappa shape index (κ3) is 3.53. The highest BCUT2D eigenvalue weighted by molar-refractivity contribution is 5.54. The highest BCUT2D eigenvalue weighted by Crippen LogP contribution is 2.27. The van der Waals surface area contributed by atoms with E-state index in [1.807, 2.05) is 0 Å². The Morgan fingerprint density at radius 1 is 1.40 bits per heavy atom. The molecule has 0 bridgehead atoms. The first-order valence-corrected chi connectivity index (χ1v) is 7.87. The summed E-state index contributed by atoms with van der Waals surface area (Å²) >= 11 is 0. The molecule has 1 aromatic rings. The van der Waals surface area contributed by atoms with Crippen molar-refractivity contribution in [1.29, 1.82) is 0 Å². The summed E-state index contributed by atoms with van der Waals surface area (Å²) in [6.45, 7) is 7.78. The van der Waals surface area contributed by atoms with Gasteiger partial charge in [0, 0.05) is 31.4 Å². The molecule has 3 nitrogen and oxygen atoms in total. The number of hydrogen-bond donors (Lipinski definition) is 1. The lowest BCUT2D eigenvalue weighted by molar-refractivity contribution is 0.314. The summed E-state index contributed by atoms with van der Waals surface area (Å²) in [6, 6.07) is 9.88. The number of anilines is 1. The average Bonchev–Trinajstić information content (AvgIpc) is 2.84. The van der Waals surface area contributed by atoms with Gasteiger partial charge < -0.3 is 15.1 Å². The van der Waals surface area contributed by atoms with Crippen molar-refractivity contribution >= 4 is 5.69 Å². The summed E-state index contributed by atoms with van der Waals surface area (Å²) in [7, 11) is 4.47. The van der Waals surface area contributed by atoms with Crippen LogP contribution in [0.2, 0.25) is 0 Å². The molecule has 0 aliphatic carbocycles. The van der Waals surface area contributed by atoms with E-state index in [9.17, 15) is 0 Å². The van der Waals surface area contributed by atoms with Crippen molar-refractivity contribution < 1.29 is 0 Å². The van der Waals surface area contributed by atoms with Crippen LogP contribution in [-0.4, -0.2) is 44.7 Å². The fraction of sp³-hybridized carbons (Fsp3) is 0.647. The lowest BCUT2D eigenvalue weighted by Gasteiger charge is -2.30. The lowest BCUT2D eigenvalue weighted by Crippen LogP contribution is -2.37. The van der Waals surface area contributed by atoms with E-state index in [2.05, 4.69) is 67.3 Å². The van der Waals surface area contributed by atoms with Crippen LogP contribution in [0.1, 0.15) is 38.3 Å². The minimum absolute atomic E-state index is 0.403. The van der Waals surface area contributed by atoms with Crippen LogP contribution in [0.3, 0.4) is 0 Å². The summed E-state index contributed by atoms with van der Waals surface area (Å²) in [4.78, 5) is 4.92. The van der Waals surface area contributed by atoms with Crippen molar-refractivity contribution in [2.75, 3.05) is 38.6 Å². The van der Waals surface area contributed by atoms with Crippen LogP contribution in [0.5, 0.6) is 0 Å². The lowest BCUT2D eigenvalue weighted by atomic mass is 10.0. The maximum Gasteiger partial charge on any atom is 0.0412 e. The third-order valence-corrected chi connectivity index (χ3v) is 4.48. The molecule has 0 radical (unpaired) electrons. The SMILES string of the molecule is CCNC(C)c1ccccc1N(C)CC1CCCN1C. The zero-order chi connectivity index (χ0) is 14.5. The molecule has 112 valence electrons. The standard InChI is InChI=1S/C17H29N3/c1-5-18-14(2)16-10-6-7-11-17(16)20(4)13-15-9-8-12-19(15)3/h6-7,10-11,14-15,18H,5,8-9,12-13H2,1-4H3. The highest BCUT2D eigenvalue weighted by atomic mass is 15.2. The van der Waals surface area contributed by atoms with Gasteiger partial charge in [-0.05, 0) is 51.5 Å². The summed E-state index contributed by atoms with van der Waals surface area (Å²) < 4.78 is 0. The number of para-hydroxylation sites is 1. The van der Waals surface area contributed by atoms with Crippen LogP contribution in [-0.2, 0) is 0 Å². The van der Waals surface area contributed by atoms with Gasteiger partial charge in [-0.15, -0.1) is 0 Å². The van der Waals surface area contributed by atoms with Gasteiger partial charge in [-0.3, -0.25) is 0 Å². The number of hydrogen-bond acceptors (Lipinski definition) is 3. The monoisotopic (exact) mass is 275 g/mol. The van der Waals surface area contributed by atoms with Crippen LogP contribution >= 0.6 is 0 Å². The van der Waals surface area contributed by atoms with Crippen molar-refractivity contribution in [3.63, 3.8) is 0 Å². The molecule has 1 N–H and O–H groups in total. The number of nitrogens with one attached hydrogen (secondary N) is 1. The minimum atomic E-state index is 0.403. The van der Waals surface area contributed by atoms with Crippen molar-refractivity contribution in [3.8, 4) is 0 Å². The fourth-order valence-electron chi connectivity index (χ4n) is 3.24. The highest BCUT2D eigenvalue weighted by Gasteiger charge is 2.23. The molecular formula is C17H29N3.